The number of hydrogen-bond donors (Lipinski definition) is 1. The molecule has 1 aliphatic heterocycles. The van der Waals surface area contributed by atoms with E-state index >= 15 is 0 Å². The minimum absolute atomic E-state index is 0.0763. The summed E-state index contributed by atoms with van der Waals surface area (Å²) in [5, 5.41) is 9.72. The van der Waals surface area contributed by atoms with Crippen molar-refractivity contribution in [2.24, 2.45) is 0 Å². The largest absolute Gasteiger partial charge is 0.396 e. The molecule has 0 saturated heterocycles. The molecule has 2 aromatic rings. The standard InChI is InChI=1S/C20H18ClNO3S/c1-12-3-8-16(13(2)11-12)22-19(24)17(14-4-6-15(21)7-5-14)18(20(22)25)26-10-9-23/h3-8,11,23H,9-10H2,1-2H3. The second-order valence-corrected chi connectivity index (χ2v) is 7.56. The molecule has 1 N–H and O–H groups in total. The van der Waals surface area contributed by atoms with Gasteiger partial charge in [0, 0.05) is 10.8 Å². The molecule has 0 radical (unpaired) electrons. The van der Waals surface area contributed by atoms with Gasteiger partial charge in [-0.25, -0.2) is 4.90 Å². The number of benzene rings is 2. The summed E-state index contributed by atoms with van der Waals surface area (Å²) < 4.78 is 0. The number of imide groups is 1. The smallest absolute Gasteiger partial charge is 0.272 e. The van der Waals surface area contributed by atoms with E-state index in [4.69, 9.17) is 16.7 Å². The van der Waals surface area contributed by atoms with Crippen LogP contribution in [0.1, 0.15) is 16.7 Å². The first-order chi connectivity index (χ1) is 12.4. The predicted molar refractivity (Wildman–Crippen MR) is 106 cm³/mol. The van der Waals surface area contributed by atoms with Gasteiger partial charge in [-0.2, -0.15) is 0 Å². The van der Waals surface area contributed by atoms with Gasteiger partial charge in [0.25, 0.3) is 11.8 Å². The molecule has 0 saturated carbocycles. The van der Waals surface area contributed by atoms with Crippen molar-refractivity contribution in [2.75, 3.05) is 17.3 Å². The van der Waals surface area contributed by atoms with Crippen molar-refractivity contribution in [3.63, 3.8) is 0 Å². The third kappa shape index (κ3) is 3.43. The second-order valence-electron chi connectivity index (χ2n) is 6.02. The molecule has 2 aromatic carbocycles. The fourth-order valence-corrected chi connectivity index (χ4v) is 3.92. The van der Waals surface area contributed by atoms with Crippen LogP contribution in [0.5, 0.6) is 0 Å². The Bertz CT molecular complexity index is 906. The lowest BCUT2D eigenvalue weighted by Crippen LogP contribution is -2.32. The molecule has 0 fully saturated rings. The zero-order valence-corrected chi connectivity index (χ0v) is 16.0. The first kappa shape index (κ1) is 18.7. The number of amides is 2. The molecular formula is C20H18ClNO3S. The SMILES string of the molecule is Cc1ccc(N2C(=O)C(SCCO)=C(c3ccc(Cl)cc3)C2=O)c(C)c1. The third-order valence-electron chi connectivity index (χ3n) is 4.11. The fourth-order valence-electron chi connectivity index (χ4n) is 2.94. The normalized spacial score (nSPS) is 14.5. The van der Waals surface area contributed by atoms with Crippen molar-refractivity contribution in [1.29, 1.82) is 0 Å². The van der Waals surface area contributed by atoms with Crippen LogP contribution in [0.4, 0.5) is 5.69 Å². The maximum atomic E-state index is 13.2. The summed E-state index contributed by atoms with van der Waals surface area (Å²) in [6.45, 7) is 3.77. The van der Waals surface area contributed by atoms with Gasteiger partial charge >= 0.3 is 0 Å². The van der Waals surface area contributed by atoms with E-state index in [1.807, 2.05) is 26.0 Å². The summed E-state index contributed by atoms with van der Waals surface area (Å²) in [4.78, 5) is 27.8. The Balaban J connectivity index is 2.09. The molecule has 0 aromatic heterocycles. The van der Waals surface area contributed by atoms with Gasteiger partial charge in [0.2, 0.25) is 0 Å². The Morgan fingerprint density at radius 3 is 2.35 bits per heavy atom. The first-order valence-electron chi connectivity index (χ1n) is 8.14. The lowest BCUT2D eigenvalue weighted by atomic mass is 10.1. The van der Waals surface area contributed by atoms with Gasteiger partial charge in [-0.1, -0.05) is 41.4 Å². The van der Waals surface area contributed by atoms with E-state index in [9.17, 15) is 9.59 Å². The van der Waals surface area contributed by atoms with Crippen LogP contribution in [0.2, 0.25) is 5.02 Å². The van der Waals surface area contributed by atoms with Crippen LogP contribution in [0.15, 0.2) is 47.4 Å². The number of carbonyl (C=O) groups is 2. The minimum Gasteiger partial charge on any atom is -0.396 e. The van der Waals surface area contributed by atoms with Crippen molar-refractivity contribution < 1.29 is 14.7 Å². The summed E-state index contributed by atoms with van der Waals surface area (Å²) in [6, 6.07) is 12.5. The Kier molecular flexibility index (Phi) is 5.51. The molecule has 0 aliphatic carbocycles. The highest BCUT2D eigenvalue weighted by molar-refractivity contribution is 8.04. The molecule has 6 heteroatoms. The van der Waals surface area contributed by atoms with E-state index in [-0.39, 0.29) is 18.4 Å². The highest BCUT2D eigenvalue weighted by Gasteiger charge is 2.40. The average molecular weight is 388 g/mol. The zero-order valence-electron chi connectivity index (χ0n) is 14.5. The average Bonchev–Trinajstić information content (AvgIpc) is 2.85. The van der Waals surface area contributed by atoms with Crippen molar-refractivity contribution >= 4 is 46.4 Å². The molecule has 26 heavy (non-hydrogen) atoms. The van der Waals surface area contributed by atoms with Crippen LogP contribution < -0.4 is 4.90 Å². The number of halogens is 1. The lowest BCUT2D eigenvalue weighted by molar-refractivity contribution is -0.119. The Hall–Kier alpha value is -2.08. The summed E-state index contributed by atoms with van der Waals surface area (Å²) in [5.41, 5.74) is 3.49. The van der Waals surface area contributed by atoms with Crippen LogP contribution >= 0.6 is 23.4 Å². The van der Waals surface area contributed by atoms with Gasteiger partial charge in [0.1, 0.15) is 0 Å². The number of aryl methyl sites for hydroxylation is 2. The number of rotatable bonds is 5. The molecular weight excluding hydrogens is 370 g/mol. The molecule has 134 valence electrons. The molecule has 0 bridgehead atoms. The van der Waals surface area contributed by atoms with Crippen LogP contribution in [-0.2, 0) is 9.59 Å². The van der Waals surface area contributed by atoms with Gasteiger partial charge in [-0.3, -0.25) is 9.59 Å². The molecule has 0 atom stereocenters. The van der Waals surface area contributed by atoms with Gasteiger partial charge < -0.3 is 5.11 Å². The Morgan fingerprint density at radius 1 is 1.04 bits per heavy atom. The molecule has 3 rings (SSSR count). The summed E-state index contributed by atoms with van der Waals surface area (Å²) in [5.74, 6) is -0.373. The van der Waals surface area contributed by atoms with E-state index in [0.717, 1.165) is 11.1 Å². The van der Waals surface area contributed by atoms with Crippen molar-refractivity contribution in [3.8, 4) is 0 Å². The monoisotopic (exact) mass is 387 g/mol. The minimum atomic E-state index is -0.357. The lowest BCUT2D eigenvalue weighted by Gasteiger charge is -2.18. The van der Waals surface area contributed by atoms with E-state index in [2.05, 4.69) is 0 Å². The number of aliphatic hydroxyl groups is 1. The van der Waals surface area contributed by atoms with Gasteiger partial charge in [-0.05, 0) is 43.2 Å². The number of nitrogens with zero attached hydrogens (tertiary/aromatic N) is 1. The number of aliphatic hydroxyl groups excluding tert-OH is 1. The van der Waals surface area contributed by atoms with Crippen molar-refractivity contribution in [1.82, 2.24) is 0 Å². The molecule has 2 amide bonds. The molecule has 4 nitrogen and oxygen atoms in total. The van der Waals surface area contributed by atoms with Crippen molar-refractivity contribution in [2.45, 2.75) is 13.8 Å². The molecule has 1 aliphatic rings. The third-order valence-corrected chi connectivity index (χ3v) is 5.41. The Morgan fingerprint density at radius 2 is 1.73 bits per heavy atom. The van der Waals surface area contributed by atoms with Crippen LogP contribution in [0, 0.1) is 13.8 Å². The van der Waals surface area contributed by atoms with E-state index in [1.165, 1.54) is 16.7 Å². The maximum absolute atomic E-state index is 13.2. The molecule has 1 heterocycles. The first-order valence-corrected chi connectivity index (χ1v) is 9.50. The highest BCUT2D eigenvalue weighted by atomic mass is 35.5. The van der Waals surface area contributed by atoms with E-state index in [1.54, 1.807) is 30.3 Å². The maximum Gasteiger partial charge on any atom is 0.272 e. The number of carbonyl (C=O) groups excluding carboxylic acids is 2. The number of hydrogen-bond acceptors (Lipinski definition) is 4. The van der Waals surface area contributed by atoms with Gasteiger partial charge in [-0.15, -0.1) is 11.8 Å². The molecule has 0 unspecified atom stereocenters. The summed E-state index contributed by atoms with van der Waals surface area (Å²) in [7, 11) is 0. The summed E-state index contributed by atoms with van der Waals surface area (Å²) in [6.07, 6.45) is 0. The fraction of sp³-hybridized carbons (Fsp3) is 0.200. The van der Waals surface area contributed by atoms with Crippen LogP contribution in [0.3, 0.4) is 0 Å². The topological polar surface area (TPSA) is 57.6 Å². The zero-order chi connectivity index (χ0) is 18.8. The quantitative estimate of drug-likeness (QED) is 0.789. The number of thioether (sulfide) groups is 1. The number of anilines is 1. The van der Waals surface area contributed by atoms with E-state index in [0.29, 0.717) is 32.5 Å². The van der Waals surface area contributed by atoms with Crippen LogP contribution in [0.25, 0.3) is 5.57 Å². The predicted octanol–water partition coefficient (Wildman–Crippen LogP) is 3.97. The van der Waals surface area contributed by atoms with E-state index < -0.39 is 0 Å². The highest BCUT2D eigenvalue weighted by Crippen LogP contribution is 2.39. The van der Waals surface area contributed by atoms with Crippen LogP contribution in [-0.4, -0.2) is 29.3 Å². The Labute approximate surface area is 161 Å². The summed E-state index contributed by atoms with van der Waals surface area (Å²) >= 11 is 7.14. The van der Waals surface area contributed by atoms with Gasteiger partial charge in [0.05, 0.1) is 22.8 Å². The van der Waals surface area contributed by atoms with Gasteiger partial charge in [0.15, 0.2) is 0 Å². The second kappa shape index (κ2) is 7.66. The van der Waals surface area contributed by atoms with Crippen molar-refractivity contribution in [3.05, 3.63) is 69.1 Å². The molecule has 0 spiro atoms.